The number of carbonyl (C=O) groups excluding carboxylic acids is 1. The Hall–Kier alpha value is -1.51. The molecule has 0 aliphatic heterocycles. The van der Waals surface area contributed by atoms with Crippen molar-refractivity contribution in [3.05, 3.63) is 29.8 Å². The van der Waals surface area contributed by atoms with Gasteiger partial charge in [0.1, 0.15) is 0 Å². The van der Waals surface area contributed by atoms with Crippen molar-refractivity contribution in [1.29, 1.82) is 0 Å². The van der Waals surface area contributed by atoms with E-state index in [9.17, 15) is 4.79 Å². The predicted molar refractivity (Wildman–Crippen MR) is 84.1 cm³/mol. The van der Waals surface area contributed by atoms with Gasteiger partial charge in [-0.25, -0.2) is 0 Å². The van der Waals surface area contributed by atoms with Crippen LogP contribution in [0.3, 0.4) is 0 Å². The number of benzene rings is 1. The van der Waals surface area contributed by atoms with Crippen molar-refractivity contribution in [2.45, 2.75) is 45.6 Å². The summed E-state index contributed by atoms with van der Waals surface area (Å²) in [6, 6.07) is 8.20. The number of para-hydroxylation sites is 1. The summed E-state index contributed by atoms with van der Waals surface area (Å²) in [4.78, 5) is 14.7. The van der Waals surface area contributed by atoms with Gasteiger partial charge in [0.05, 0.1) is 5.56 Å². The first-order chi connectivity index (χ1) is 9.63. The van der Waals surface area contributed by atoms with E-state index in [0.29, 0.717) is 6.04 Å². The lowest BCUT2D eigenvalue weighted by molar-refractivity contribution is 0.0673. The number of carbonyl (C=O) groups is 1. The van der Waals surface area contributed by atoms with Gasteiger partial charge < -0.3 is 10.2 Å². The molecule has 3 heteroatoms. The summed E-state index contributed by atoms with van der Waals surface area (Å²) in [5.41, 5.74) is 1.73. The Morgan fingerprint density at radius 1 is 1.35 bits per heavy atom. The van der Waals surface area contributed by atoms with Crippen LogP contribution in [-0.4, -0.2) is 30.4 Å². The molecule has 1 aromatic carbocycles. The highest BCUT2D eigenvalue weighted by atomic mass is 16.2. The van der Waals surface area contributed by atoms with Crippen molar-refractivity contribution < 1.29 is 4.79 Å². The topological polar surface area (TPSA) is 32.3 Å². The van der Waals surface area contributed by atoms with Crippen LogP contribution in [-0.2, 0) is 0 Å². The third-order valence-electron chi connectivity index (χ3n) is 4.30. The third kappa shape index (κ3) is 3.33. The fourth-order valence-corrected chi connectivity index (χ4v) is 3.12. The summed E-state index contributed by atoms with van der Waals surface area (Å²) >= 11 is 0. The van der Waals surface area contributed by atoms with Gasteiger partial charge in [0.15, 0.2) is 0 Å². The number of hydrogen-bond donors (Lipinski definition) is 1. The van der Waals surface area contributed by atoms with Gasteiger partial charge in [-0.2, -0.15) is 0 Å². The fraction of sp³-hybridized carbons (Fsp3) is 0.588. The van der Waals surface area contributed by atoms with Gasteiger partial charge in [-0.05, 0) is 37.8 Å². The molecule has 3 nitrogen and oxygen atoms in total. The first-order valence-corrected chi connectivity index (χ1v) is 7.73. The summed E-state index contributed by atoms with van der Waals surface area (Å²) in [6.07, 6.45) is 4.80. The van der Waals surface area contributed by atoms with Crippen molar-refractivity contribution in [3.63, 3.8) is 0 Å². The average Bonchev–Trinajstić information content (AvgIpc) is 2.47. The van der Waals surface area contributed by atoms with Crippen LogP contribution in [0.15, 0.2) is 24.3 Å². The molecule has 1 saturated carbocycles. The van der Waals surface area contributed by atoms with E-state index in [1.807, 2.05) is 43.1 Å². The van der Waals surface area contributed by atoms with Gasteiger partial charge >= 0.3 is 0 Å². The van der Waals surface area contributed by atoms with Crippen molar-refractivity contribution in [2.75, 3.05) is 18.9 Å². The maximum absolute atomic E-state index is 12.7. The SMILES string of the molecule is CCNc1ccccc1C(=O)N(C)C1CCCC(C)C1. The quantitative estimate of drug-likeness (QED) is 0.906. The Morgan fingerprint density at radius 2 is 2.10 bits per heavy atom. The van der Waals surface area contributed by atoms with Crippen molar-refractivity contribution in [3.8, 4) is 0 Å². The predicted octanol–water partition coefficient (Wildman–Crippen LogP) is 3.77. The van der Waals surface area contributed by atoms with Crippen LogP contribution >= 0.6 is 0 Å². The van der Waals surface area contributed by atoms with Gasteiger partial charge in [-0.3, -0.25) is 4.79 Å². The molecule has 2 rings (SSSR count). The van der Waals surface area contributed by atoms with Crippen LogP contribution in [0.25, 0.3) is 0 Å². The van der Waals surface area contributed by atoms with Crippen molar-refractivity contribution in [2.24, 2.45) is 5.92 Å². The van der Waals surface area contributed by atoms with E-state index >= 15 is 0 Å². The zero-order chi connectivity index (χ0) is 14.5. The van der Waals surface area contributed by atoms with Gasteiger partial charge in [0.2, 0.25) is 0 Å². The number of nitrogens with one attached hydrogen (secondary N) is 1. The van der Waals surface area contributed by atoms with Gasteiger partial charge in [-0.15, -0.1) is 0 Å². The van der Waals surface area contributed by atoms with Crippen LogP contribution in [0, 0.1) is 5.92 Å². The van der Waals surface area contributed by atoms with E-state index in [1.165, 1.54) is 12.8 Å². The fourth-order valence-electron chi connectivity index (χ4n) is 3.12. The largest absolute Gasteiger partial charge is 0.385 e. The lowest BCUT2D eigenvalue weighted by Gasteiger charge is -2.34. The number of nitrogens with zero attached hydrogens (tertiary/aromatic N) is 1. The average molecular weight is 274 g/mol. The highest BCUT2D eigenvalue weighted by molar-refractivity contribution is 5.99. The van der Waals surface area contributed by atoms with E-state index in [4.69, 9.17) is 0 Å². The molecule has 0 bridgehead atoms. The molecule has 1 aliphatic carbocycles. The molecule has 2 atom stereocenters. The Balaban J connectivity index is 2.13. The van der Waals surface area contributed by atoms with E-state index in [0.717, 1.165) is 36.6 Å². The minimum absolute atomic E-state index is 0.139. The molecule has 0 aromatic heterocycles. The molecule has 0 spiro atoms. The van der Waals surface area contributed by atoms with Crippen LogP contribution in [0.2, 0.25) is 0 Å². The second kappa shape index (κ2) is 6.78. The minimum atomic E-state index is 0.139. The van der Waals surface area contributed by atoms with E-state index in [1.54, 1.807) is 0 Å². The second-order valence-electron chi connectivity index (χ2n) is 5.92. The summed E-state index contributed by atoms with van der Waals surface area (Å²) in [5.74, 6) is 0.869. The molecule has 1 aromatic rings. The van der Waals surface area contributed by atoms with E-state index in [-0.39, 0.29) is 5.91 Å². The van der Waals surface area contributed by atoms with Crippen LogP contribution < -0.4 is 5.32 Å². The monoisotopic (exact) mass is 274 g/mol. The van der Waals surface area contributed by atoms with Crippen molar-refractivity contribution >= 4 is 11.6 Å². The van der Waals surface area contributed by atoms with Gasteiger partial charge in [0, 0.05) is 25.3 Å². The molecule has 0 heterocycles. The van der Waals surface area contributed by atoms with Gasteiger partial charge in [0.25, 0.3) is 5.91 Å². The first-order valence-electron chi connectivity index (χ1n) is 7.73. The Morgan fingerprint density at radius 3 is 2.80 bits per heavy atom. The first kappa shape index (κ1) is 14.9. The zero-order valence-electron chi connectivity index (χ0n) is 12.9. The molecule has 0 saturated heterocycles. The molecular formula is C17H26N2O. The van der Waals surface area contributed by atoms with Crippen LogP contribution in [0.4, 0.5) is 5.69 Å². The molecule has 20 heavy (non-hydrogen) atoms. The molecule has 1 N–H and O–H groups in total. The number of anilines is 1. The summed E-state index contributed by atoms with van der Waals surface area (Å²) in [6.45, 7) is 5.17. The van der Waals surface area contributed by atoms with E-state index in [2.05, 4.69) is 12.2 Å². The Labute approximate surface area is 122 Å². The van der Waals surface area contributed by atoms with Gasteiger partial charge in [-0.1, -0.05) is 31.9 Å². The van der Waals surface area contributed by atoms with E-state index < -0.39 is 0 Å². The van der Waals surface area contributed by atoms with Crippen LogP contribution in [0.1, 0.15) is 49.9 Å². The van der Waals surface area contributed by atoms with Crippen molar-refractivity contribution in [1.82, 2.24) is 4.90 Å². The number of rotatable bonds is 4. The third-order valence-corrected chi connectivity index (χ3v) is 4.30. The molecule has 110 valence electrons. The minimum Gasteiger partial charge on any atom is -0.385 e. The summed E-state index contributed by atoms with van der Waals surface area (Å²) < 4.78 is 0. The summed E-state index contributed by atoms with van der Waals surface area (Å²) in [7, 11) is 1.95. The molecule has 2 unspecified atom stereocenters. The normalized spacial score (nSPS) is 22.4. The lowest BCUT2D eigenvalue weighted by Crippen LogP contribution is -2.40. The maximum Gasteiger partial charge on any atom is 0.255 e. The highest BCUT2D eigenvalue weighted by Gasteiger charge is 2.26. The summed E-state index contributed by atoms with van der Waals surface area (Å²) in [5, 5.41) is 3.28. The number of amides is 1. The highest BCUT2D eigenvalue weighted by Crippen LogP contribution is 2.28. The molecular weight excluding hydrogens is 248 g/mol. The molecule has 1 fully saturated rings. The van der Waals surface area contributed by atoms with Crippen LogP contribution in [0.5, 0.6) is 0 Å². The smallest absolute Gasteiger partial charge is 0.255 e. The Bertz CT molecular complexity index is 458. The number of hydrogen-bond acceptors (Lipinski definition) is 2. The zero-order valence-corrected chi connectivity index (χ0v) is 12.9. The Kier molecular flexibility index (Phi) is 5.05. The molecule has 1 aliphatic rings. The second-order valence-corrected chi connectivity index (χ2v) is 5.92. The molecule has 0 radical (unpaired) electrons. The molecule has 1 amide bonds. The standard InChI is InChI=1S/C17H26N2O/c1-4-18-16-11-6-5-10-15(16)17(20)19(3)14-9-7-8-13(2)12-14/h5-6,10-11,13-14,18H,4,7-9,12H2,1-3H3. The lowest BCUT2D eigenvalue weighted by atomic mass is 9.86. The maximum atomic E-state index is 12.7.